The van der Waals surface area contributed by atoms with Crippen molar-refractivity contribution in [3.8, 4) is 5.69 Å². The third-order valence-electron chi connectivity index (χ3n) is 3.52. The minimum absolute atomic E-state index is 0.334. The van der Waals surface area contributed by atoms with Gasteiger partial charge < -0.3 is 5.32 Å². The molecule has 0 saturated carbocycles. The predicted molar refractivity (Wildman–Crippen MR) is 93.5 cm³/mol. The molecule has 0 spiro atoms. The smallest absolute Gasteiger partial charge is 0.308 e. The van der Waals surface area contributed by atoms with Crippen molar-refractivity contribution in [1.82, 2.24) is 24.5 Å². The Kier molecular flexibility index (Phi) is 3.76. The number of para-hydroxylation sites is 1. The Hall–Kier alpha value is -3.81. The lowest BCUT2D eigenvalue weighted by atomic mass is 10.3. The van der Waals surface area contributed by atoms with Gasteiger partial charge in [-0.2, -0.15) is 0 Å². The molecule has 0 unspecified atom stereocenters. The number of hydrogen-bond donors (Lipinski definition) is 2. The highest BCUT2D eigenvalue weighted by molar-refractivity contribution is 6.03. The molecule has 25 heavy (non-hydrogen) atoms. The number of imidazole rings is 1. The minimum Gasteiger partial charge on any atom is -0.308 e. The normalized spacial score (nSPS) is 10.6. The number of carbonyl (C=O) groups excluding carboxylic acids is 1. The summed E-state index contributed by atoms with van der Waals surface area (Å²) in [6, 6.07) is 12.5. The van der Waals surface area contributed by atoms with Gasteiger partial charge in [-0.15, -0.1) is 0 Å². The molecule has 0 bridgehead atoms. The summed E-state index contributed by atoms with van der Waals surface area (Å²) in [6.07, 6.45) is 6.41. The number of hydrogen-bond acceptors (Lipinski definition) is 5. The SMILES string of the molecule is O=C(Nc1ccccc1)Nc1ncnc2c1ncn2-c1cccnc1. The van der Waals surface area contributed by atoms with Gasteiger partial charge in [0.2, 0.25) is 0 Å². The van der Waals surface area contributed by atoms with Crippen LogP contribution in [0.15, 0.2) is 67.5 Å². The van der Waals surface area contributed by atoms with Gasteiger partial charge in [-0.1, -0.05) is 18.2 Å². The summed E-state index contributed by atoms with van der Waals surface area (Å²) in [7, 11) is 0. The van der Waals surface area contributed by atoms with Crippen LogP contribution in [0.5, 0.6) is 0 Å². The number of pyridine rings is 1. The number of aromatic nitrogens is 5. The van der Waals surface area contributed by atoms with Crippen molar-refractivity contribution in [2.45, 2.75) is 0 Å². The Bertz CT molecular complexity index is 1020. The molecule has 0 fully saturated rings. The number of benzene rings is 1. The van der Waals surface area contributed by atoms with E-state index < -0.39 is 6.03 Å². The van der Waals surface area contributed by atoms with E-state index in [1.807, 2.05) is 30.3 Å². The fourth-order valence-electron chi connectivity index (χ4n) is 2.40. The molecule has 2 amide bonds. The molecule has 2 N–H and O–H groups in total. The molecule has 122 valence electrons. The highest BCUT2D eigenvalue weighted by Gasteiger charge is 2.13. The van der Waals surface area contributed by atoms with Crippen LogP contribution in [-0.2, 0) is 0 Å². The van der Waals surface area contributed by atoms with E-state index in [1.54, 1.807) is 35.4 Å². The van der Waals surface area contributed by atoms with Crippen molar-refractivity contribution < 1.29 is 4.79 Å². The first-order valence-electron chi connectivity index (χ1n) is 7.53. The number of nitrogens with zero attached hydrogens (tertiary/aromatic N) is 5. The van der Waals surface area contributed by atoms with Gasteiger partial charge in [0.05, 0.1) is 11.9 Å². The van der Waals surface area contributed by atoms with Crippen LogP contribution in [0.2, 0.25) is 0 Å². The fourth-order valence-corrected chi connectivity index (χ4v) is 2.40. The second kappa shape index (κ2) is 6.36. The second-order valence-electron chi connectivity index (χ2n) is 5.17. The summed E-state index contributed by atoms with van der Waals surface area (Å²) in [5.41, 5.74) is 2.59. The van der Waals surface area contributed by atoms with Crippen molar-refractivity contribution in [2.24, 2.45) is 0 Å². The van der Waals surface area contributed by atoms with E-state index >= 15 is 0 Å². The van der Waals surface area contributed by atoms with Gasteiger partial charge in [0.25, 0.3) is 0 Å². The van der Waals surface area contributed by atoms with E-state index in [4.69, 9.17) is 0 Å². The van der Waals surface area contributed by atoms with E-state index in [9.17, 15) is 4.79 Å². The maximum atomic E-state index is 12.2. The highest BCUT2D eigenvalue weighted by Crippen LogP contribution is 2.20. The fraction of sp³-hybridized carbons (Fsp3) is 0. The molecule has 0 aliphatic rings. The molecule has 3 aromatic heterocycles. The molecule has 0 aliphatic carbocycles. The quantitative estimate of drug-likeness (QED) is 0.601. The Morgan fingerprint density at radius 2 is 1.84 bits per heavy atom. The molecule has 0 aliphatic heterocycles. The van der Waals surface area contributed by atoms with E-state index in [1.165, 1.54) is 6.33 Å². The molecule has 0 atom stereocenters. The highest BCUT2D eigenvalue weighted by atomic mass is 16.2. The number of amides is 2. The summed E-state index contributed by atoms with van der Waals surface area (Å²) in [5.74, 6) is 0.334. The van der Waals surface area contributed by atoms with Crippen molar-refractivity contribution >= 4 is 28.7 Å². The summed E-state index contributed by atoms with van der Waals surface area (Å²) < 4.78 is 1.78. The third kappa shape index (κ3) is 3.00. The summed E-state index contributed by atoms with van der Waals surface area (Å²) in [5, 5.41) is 5.44. The Balaban J connectivity index is 1.63. The first-order valence-corrected chi connectivity index (χ1v) is 7.53. The molecule has 4 rings (SSSR count). The Morgan fingerprint density at radius 1 is 0.960 bits per heavy atom. The van der Waals surface area contributed by atoms with Crippen molar-refractivity contribution in [1.29, 1.82) is 0 Å². The average molecular weight is 331 g/mol. The Labute approximate surface area is 142 Å². The van der Waals surface area contributed by atoms with E-state index in [-0.39, 0.29) is 0 Å². The summed E-state index contributed by atoms with van der Waals surface area (Å²) >= 11 is 0. The van der Waals surface area contributed by atoms with Crippen LogP contribution in [-0.4, -0.2) is 30.5 Å². The van der Waals surface area contributed by atoms with E-state index in [2.05, 4.69) is 30.6 Å². The van der Waals surface area contributed by atoms with Crippen LogP contribution < -0.4 is 10.6 Å². The number of urea groups is 1. The minimum atomic E-state index is -0.401. The lowest BCUT2D eigenvalue weighted by Gasteiger charge is -2.07. The van der Waals surface area contributed by atoms with Gasteiger partial charge in [-0.05, 0) is 24.3 Å². The van der Waals surface area contributed by atoms with Crippen LogP contribution in [0.4, 0.5) is 16.3 Å². The van der Waals surface area contributed by atoms with Crippen molar-refractivity contribution in [3.63, 3.8) is 0 Å². The standard InChI is InChI=1S/C17H13N7O/c25-17(22-12-5-2-1-3-6-12)23-15-14-16(20-10-19-15)24(11-21-14)13-7-4-8-18-9-13/h1-11H,(H2,19,20,22,23,25). The zero-order valence-corrected chi connectivity index (χ0v) is 13.0. The van der Waals surface area contributed by atoms with Gasteiger partial charge in [-0.3, -0.25) is 14.9 Å². The zero-order valence-electron chi connectivity index (χ0n) is 13.0. The number of nitrogens with one attached hydrogen (secondary N) is 2. The van der Waals surface area contributed by atoms with Gasteiger partial charge in [0.15, 0.2) is 17.0 Å². The van der Waals surface area contributed by atoms with Crippen LogP contribution in [0, 0.1) is 0 Å². The first kappa shape index (κ1) is 14.8. The number of fused-ring (bicyclic) bond motifs is 1. The summed E-state index contributed by atoms with van der Waals surface area (Å²) in [4.78, 5) is 29.0. The van der Waals surface area contributed by atoms with Crippen molar-refractivity contribution in [2.75, 3.05) is 10.6 Å². The van der Waals surface area contributed by atoms with Crippen molar-refractivity contribution in [3.05, 3.63) is 67.5 Å². The molecule has 3 heterocycles. The van der Waals surface area contributed by atoms with Gasteiger partial charge in [-0.25, -0.2) is 19.7 Å². The van der Waals surface area contributed by atoms with Crippen LogP contribution in [0.3, 0.4) is 0 Å². The topological polar surface area (TPSA) is 97.6 Å². The lowest BCUT2D eigenvalue weighted by Crippen LogP contribution is -2.20. The molecule has 8 heteroatoms. The molecule has 1 aromatic carbocycles. The van der Waals surface area contributed by atoms with E-state index in [0.717, 1.165) is 5.69 Å². The molecular formula is C17H13N7O. The number of anilines is 2. The van der Waals surface area contributed by atoms with E-state index in [0.29, 0.717) is 22.7 Å². The van der Waals surface area contributed by atoms with Gasteiger partial charge >= 0.3 is 6.03 Å². The largest absolute Gasteiger partial charge is 0.324 e. The maximum Gasteiger partial charge on any atom is 0.324 e. The molecule has 8 nitrogen and oxygen atoms in total. The predicted octanol–water partition coefficient (Wildman–Crippen LogP) is 2.85. The second-order valence-corrected chi connectivity index (χ2v) is 5.17. The zero-order chi connectivity index (χ0) is 17.1. The van der Waals surface area contributed by atoms with Gasteiger partial charge in [0.1, 0.15) is 12.7 Å². The molecular weight excluding hydrogens is 318 g/mol. The first-order chi connectivity index (χ1) is 12.3. The molecule has 0 saturated heterocycles. The number of rotatable bonds is 3. The third-order valence-corrected chi connectivity index (χ3v) is 3.52. The molecule has 0 radical (unpaired) electrons. The molecule has 4 aromatic rings. The average Bonchev–Trinajstić information content (AvgIpc) is 3.08. The van der Waals surface area contributed by atoms with Crippen LogP contribution >= 0.6 is 0 Å². The van der Waals surface area contributed by atoms with Crippen LogP contribution in [0.25, 0.3) is 16.9 Å². The van der Waals surface area contributed by atoms with Crippen LogP contribution in [0.1, 0.15) is 0 Å². The number of carbonyl (C=O) groups is 1. The lowest BCUT2D eigenvalue weighted by molar-refractivity contribution is 0.262. The summed E-state index contributed by atoms with van der Waals surface area (Å²) in [6.45, 7) is 0. The monoisotopic (exact) mass is 331 g/mol. The maximum absolute atomic E-state index is 12.2. The Morgan fingerprint density at radius 3 is 2.64 bits per heavy atom. The van der Waals surface area contributed by atoms with Gasteiger partial charge in [0, 0.05) is 11.9 Å².